The maximum Gasteiger partial charge on any atom is 0.248 e. The van der Waals surface area contributed by atoms with E-state index in [2.05, 4.69) is 17.5 Å². The first-order valence-electron chi connectivity index (χ1n) is 8.97. The highest BCUT2D eigenvalue weighted by Gasteiger charge is 2.22. The van der Waals surface area contributed by atoms with Crippen LogP contribution in [-0.2, 0) is 14.4 Å². The van der Waals surface area contributed by atoms with Crippen molar-refractivity contribution >= 4 is 17.5 Å². The van der Waals surface area contributed by atoms with E-state index in [1.54, 1.807) is 6.08 Å². The summed E-state index contributed by atoms with van der Waals surface area (Å²) in [5.74, 6) is -0.904. The van der Waals surface area contributed by atoms with Gasteiger partial charge in [-0.25, -0.2) is 0 Å². The van der Waals surface area contributed by atoms with Crippen molar-refractivity contribution < 1.29 is 14.4 Å². The zero-order chi connectivity index (χ0) is 17.9. The molecule has 132 valence electrons. The van der Waals surface area contributed by atoms with E-state index in [9.17, 15) is 14.4 Å². The zero-order valence-electron chi connectivity index (χ0n) is 14.5. The topological polar surface area (TPSA) is 63.2 Å². The van der Waals surface area contributed by atoms with Crippen molar-refractivity contribution in [2.75, 3.05) is 0 Å². The van der Waals surface area contributed by atoms with Crippen LogP contribution in [0.1, 0.15) is 51.4 Å². The molecule has 0 aromatic carbocycles. The third kappa shape index (κ3) is 6.87. The predicted molar refractivity (Wildman–Crippen MR) is 98.7 cm³/mol. The lowest BCUT2D eigenvalue weighted by Crippen LogP contribution is -2.29. The summed E-state index contributed by atoms with van der Waals surface area (Å²) in [6.45, 7) is 0. The predicted octanol–water partition coefficient (Wildman–Crippen LogP) is 3.87. The monoisotopic (exact) mass is 339 g/mol. The van der Waals surface area contributed by atoms with E-state index >= 15 is 0 Å². The van der Waals surface area contributed by atoms with Gasteiger partial charge in [0.25, 0.3) is 0 Å². The van der Waals surface area contributed by atoms with Crippen LogP contribution in [0.2, 0.25) is 0 Å². The number of carbonyl (C=O) groups is 3. The van der Waals surface area contributed by atoms with Gasteiger partial charge in [0.15, 0.2) is 5.78 Å². The summed E-state index contributed by atoms with van der Waals surface area (Å²) in [6, 6.07) is 0. The minimum Gasteiger partial charge on any atom is -0.319 e. The highest BCUT2D eigenvalue weighted by Crippen LogP contribution is 2.18. The fourth-order valence-electron chi connectivity index (χ4n) is 2.79. The molecule has 1 heterocycles. The molecule has 1 amide bonds. The second-order valence-electron chi connectivity index (χ2n) is 6.24. The van der Waals surface area contributed by atoms with Gasteiger partial charge in [0.1, 0.15) is 0 Å². The number of amides is 1. The van der Waals surface area contributed by atoms with Gasteiger partial charge in [0.2, 0.25) is 11.7 Å². The standard InChI is InChI=1S/C21H25NO3/c23-18-15-17-13-11-9-7-5-3-1-2-4-6-8-10-12-14-20(24)22-19(16-18)21(17)25/h1-2,8,10,12,14-16H,3-7,9,11,13H2,(H,22,24)/b2-1-,10-8-,14-12-. The summed E-state index contributed by atoms with van der Waals surface area (Å²) >= 11 is 0. The Hall–Kier alpha value is -2.49. The highest BCUT2D eigenvalue weighted by molar-refractivity contribution is 6.21. The molecule has 0 aromatic rings. The molecule has 2 bridgehead atoms. The summed E-state index contributed by atoms with van der Waals surface area (Å²) in [4.78, 5) is 36.1. The van der Waals surface area contributed by atoms with Crippen molar-refractivity contribution in [1.82, 2.24) is 5.32 Å². The van der Waals surface area contributed by atoms with Gasteiger partial charge in [-0.2, -0.15) is 0 Å². The van der Waals surface area contributed by atoms with Gasteiger partial charge in [-0.15, -0.1) is 0 Å². The first-order chi connectivity index (χ1) is 12.2. The molecule has 1 N–H and O–H groups in total. The van der Waals surface area contributed by atoms with Crippen LogP contribution in [0.15, 0.2) is 59.9 Å². The summed E-state index contributed by atoms with van der Waals surface area (Å²) in [6.07, 6.45) is 21.5. The Morgan fingerprint density at radius 2 is 1.52 bits per heavy atom. The Morgan fingerprint density at radius 1 is 0.760 bits per heavy atom. The van der Waals surface area contributed by atoms with Gasteiger partial charge in [0.05, 0.1) is 5.70 Å². The van der Waals surface area contributed by atoms with Crippen LogP contribution in [0.25, 0.3) is 0 Å². The fraction of sp³-hybridized carbons (Fsp3) is 0.381. The number of ketones is 2. The fourth-order valence-corrected chi connectivity index (χ4v) is 2.79. The summed E-state index contributed by atoms with van der Waals surface area (Å²) in [7, 11) is 0. The first kappa shape index (κ1) is 18.8. The normalized spacial score (nSPS) is 24.7. The number of nitrogens with one attached hydrogen (secondary N) is 1. The molecule has 1 aliphatic carbocycles. The minimum absolute atomic E-state index is 0.0724. The number of hydrogen-bond donors (Lipinski definition) is 1. The molecule has 2 rings (SSSR count). The Kier molecular flexibility index (Phi) is 7.83. The molecule has 25 heavy (non-hydrogen) atoms. The van der Waals surface area contributed by atoms with Crippen molar-refractivity contribution in [2.24, 2.45) is 0 Å². The SMILES string of the molecule is O=C1C=C2CCCCCC/C=C\CC/C=C\C=C/C(=O)NC(=C1)C2=O. The van der Waals surface area contributed by atoms with Crippen LogP contribution in [0.4, 0.5) is 0 Å². The minimum atomic E-state index is -0.406. The molecule has 0 atom stereocenters. The number of carbonyl (C=O) groups excluding carboxylic acids is 3. The third-order valence-corrected chi connectivity index (χ3v) is 4.13. The molecule has 2 aliphatic rings. The maximum absolute atomic E-state index is 12.4. The van der Waals surface area contributed by atoms with Gasteiger partial charge in [0, 0.05) is 17.7 Å². The van der Waals surface area contributed by atoms with Crippen LogP contribution in [0, 0.1) is 0 Å². The van der Waals surface area contributed by atoms with Crippen LogP contribution < -0.4 is 5.32 Å². The number of fused-ring (bicyclic) bond motifs is 2. The Morgan fingerprint density at radius 3 is 2.40 bits per heavy atom. The lowest BCUT2D eigenvalue weighted by Gasteiger charge is -2.13. The van der Waals surface area contributed by atoms with E-state index < -0.39 is 5.91 Å². The first-order valence-corrected chi connectivity index (χ1v) is 8.97. The molecule has 0 fully saturated rings. The van der Waals surface area contributed by atoms with Crippen molar-refractivity contribution in [3.8, 4) is 0 Å². The van der Waals surface area contributed by atoms with Gasteiger partial charge < -0.3 is 5.32 Å². The molecule has 0 unspecified atom stereocenters. The third-order valence-electron chi connectivity index (χ3n) is 4.13. The van der Waals surface area contributed by atoms with Crippen molar-refractivity contribution in [1.29, 1.82) is 0 Å². The van der Waals surface area contributed by atoms with E-state index in [1.807, 2.05) is 12.2 Å². The van der Waals surface area contributed by atoms with Gasteiger partial charge in [-0.1, -0.05) is 43.2 Å². The lowest BCUT2D eigenvalue weighted by atomic mass is 9.95. The van der Waals surface area contributed by atoms with Crippen LogP contribution in [0.3, 0.4) is 0 Å². The molecule has 1 aliphatic heterocycles. The zero-order valence-corrected chi connectivity index (χ0v) is 14.5. The number of rotatable bonds is 0. The van der Waals surface area contributed by atoms with Gasteiger partial charge >= 0.3 is 0 Å². The van der Waals surface area contributed by atoms with Crippen LogP contribution >= 0.6 is 0 Å². The second kappa shape index (κ2) is 10.4. The van der Waals surface area contributed by atoms with Crippen molar-refractivity contribution in [3.05, 3.63) is 59.9 Å². The molecular weight excluding hydrogens is 314 g/mol. The number of hydrogen-bond acceptors (Lipinski definition) is 3. The van der Waals surface area contributed by atoms with Crippen molar-refractivity contribution in [2.45, 2.75) is 51.4 Å². The largest absolute Gasteiger partial charge is 0.319 e. The molecule has 0 saturated heterocycles. The molecule has 0 aromatic heterocycles. The maximum atomic E-state index is 12.4. The van der Waals surface area contributed by atoms with Gasteiger partial charge in [-0.05, 0) is 44.6 Å². The van der Waals surface area contributed by atoms with E-state index in [-0.39, 0.29) is 17.3 Å². The summed E-state index contributed by atoms with van der Waals surface area (Å²) in [5, 5.41) is 2.52. The lowest BCUT2D eigenvalue weighted by molar-refractivity contribution is -0.119. The molecule has 0 spiro atoms. The summed E-state index contributed by atoms with van der Waals surface area (Å²) in [5.41, 5.74) is 0.563. The van der Waals surface area contributed by atoms with Crippen LogP contribution in [0.5, 0.6) is 0 Å². The molecule has 4 heteroatoms. The van der Waals surface area contributed by atoms with E-state index in [1.165, 1.54) is 18.2 Å². The molecule has 0 saturated carbocycles. The van der Waals surface area contributed by atoms with E-state index in [4.69, 9.17) is 0 Å². The Labute approximate surface area is 149 Å². The number of allylic oxidation sites excluding steroid dienone is 8. The van der Waals surface area contributed by atoms with Gasteiger partial charge in [-0.3, -0.25) is 14.4 Å². The van der Waals surface area contributed by atoms with E-state index in [0.717, 1.165) is 44.9 Å². The summed E-state index contributed by atoms with van der Waals surface area (Å²) < 4.78 is 0. The van der Waals surface area contributed by atoms with E-state index in [0.29, 0.717) is 12.0 Å². The quantitative estimate of drug-likeness (QED) is 0.538. The average molecular weight is 339 g/mol. The average Bonchev–Trinajstić information content (AvgIpc) is 2.58. The Balaban J connectivity index is 2.05. The highest BCUT2D eigenvalue weighted by atomic mass is 16.2. The van der Waals surface area contributed by atoms with Crippen molar-refractivity contribution in [3.63, 3.8) is 0 Å². The number of Topliss-reactive ketones (excluding diaryl/α,β-unsaturated/α-hetero) is 1. The molecular formula is C21H25NO3. The Bertz CT molecular complexity index is 663. The van der Waals surface area contributed by atoms with Crippen LogP contribution in [-0.4, -0.2) is 17.5 Å². The molecule has 4 nitrogen and oxygen atoms in total. The molecule has 0 radical (unpaired) electrons. The second-order valence-corrected chi connectivity index (χ2v) is 6.24. The smallest absolute Gasteiger partial charge is 0.248 e.